The number of nitrogen functional groups attached to an aromatic ring is 1. The maximum atomic E-state index is 13.1. The van der Waals surface area contributed by atoms with Gasteiger partial charge in [0, 0.05) is 4.90 Å². The highest BCUT2D eigenvalue weighted by molar-refractivity contribution is 7.99. The van der Waals surface area contributed by atoms with Gasteiger partial charge in [-0.1, -0.05) is 24.6 Å². The van der Waals surface area contributed by atoms with Crippen LogP contribution in [0.5, 0.6) is 11.5 Å². The summed E-state index contributed by atoms with van der Waals surface area (Å²) in [7, 11) is 0. The van der Waals surface area contributed by atoms with E-state index in [4.69, 9.17) is 27.5 Å². The maximum absolute atomic E-state index is 13.1. The molecule has 0 aliphatic carbocycles. The van der Waals surface area contributed by atoms with E-state index in [0.717, 1.165) is 10.6 Å². The summed E-state index contributed by atoms with van der Waals surface area (Å²) in [6.07, 6.45) is 0. The third-order valence-electron chi connectivity index (χ3n) is 2.67. The molecule has 6 heteroatoms. The minimum absolute atomic E-state index is 0.0835. The van der Waals surface area contributed by atoms with Crippen LogP contribution < -0.4 is 10.5 Å². The van der Waals surface area contributed by atoms with Crippen LogP contribution in [0, 0.1) is 11.2 Å². The van der Waals surface area contributed by atoms with Gasteiger partial charge in [-0.2, -0.15) is 0 Å². The maximum Gasteiger partial charge on any atom is 0.146 e. The number of nitrogens with two attached hydrogens (primary N) is 1. The number of halogens is 2. The molecule has 2 rings (SSSR count). The Morgan fingerprint density at radius 3 is 2.71 bits per heavy atom. The van der Waals surface area contributed by atoms with Gasteiger partial charge in [-0.3, -0.25) is 5.41 Å². The Morgan fingerprint density at radius 2 is 2.10 bits per heavy atom. The zero-order valence-corrected chi connectivity index (χ0v) is 12.9. The van der Waals surface area contributed by atoms with Crippen molar-refractivity contribution in [1.82, 2.24) is 0 Å². The minimum atomic E-state index is -0.436. The van der Waals surface area contributed by atoms with Gasteiger partial charge in [0.05, 0.1) is 10.6 Å². The average Bonchev–Trinajstić information content (AvgIpc) is 2.42. The van der Waals surface area contributed by atoms with Crippen molar-refractivity contribution in [2.24, 2.45) is 5.73 Å². The molecule has 110 valence electrons. The summed E-state index contributed by atoms with van der Waals surface area (Å²) in [5, 5.41) is 7.91. The van der Waals surface area contributed by atoms with Crippen molar-refractivity contribution in [3.05, 3.63) is 52.8 Å². The van der Waals surface area contributed by atoms with Gasteiger partial charge in [-0.25, -0.2) is 4.39 Å². The Morgan fingerprint density at radius 1 is 1.33 bits per heavy atom. The summed E-state index contributed by atoms with van der Waals surface area (Å²) >= 11 is 7.52. The number of amidine groups is 1. The predicted molar refractivity (Wildman–Crippen MR) is 85.3 cm³/mol. The van der Waals surface area contributed by atoms with Crippen LogP contribution >= 0.6 is 23.4 Å². The topological polar surface area (TPSA) is 59.1 Å². The highest BCUT2D eigenvalue weighted by atomic mass is 35.5. The van der Waals surface area contributed by atoms with Gasteiger partial charge < -0.3 is 10.5 Å². The lowest BCUT2D eigenvalue weighted by atomic mass is 10.2. The molecule has 3 nitrogen and oxygen atoms in total. The second-order valence-corrected chi connectivity index (χ2v) is 5.87. The van der Waals surface area contributed by atoms with Crippen molar-refractivity contribution in [1.29, 1.82) is 5.41 Å². The first kappa shape index (κ1) is 15.7. The number of rotatable bonds is 5. The van der Waals surface area contributed by atoms with Gasteiger partial charge in [0.15, 0.2) is 0 Å². The van der Waals surface area contributed by atoms with E-state index < -0.39 is 5.82 Å². The first-order chi connectivity index (χ1) is 10.0. The van der Waals surface area contributed by atoms with E-state index in [1.807, 2.05) is 19.1 Å². The highest BCUT2D eigenvalue weighted by Crippen LogP contribution is 2.35. The lowest BCUT2D eigenvalue weighted by Gasteiger charge is -2.14. The van der Waals surface area contributed by atoms with Crippen LogP contribution in [0.3, 0.4) is 0 Å². The van der Waals surface area contributed by atoms with Crippen molar-refractivity contribution in [2.75, 3.05) is 5.75 Å². The Kier molecular flexibility index (Phi) is 5.09. The smallest absolute Gasteiger partial charge is 0.146 e. The Hall–Kier alpha value is -1.72. The number of ether oxygens (including phenoxy) is 1. The molecule has 0 spiro atoms. The molecule has 21 heavy (non-hydrogen) atoms. The molecule has 2 aromatic carbocycles. The van der Waals surface area contributed by atoms with E-state index in [2.05, 4.69) is 0 Å². The van der Waals surface area contributed by atoms with E-state index >= 15 is 0 Å². The van der Waals surface area contributed by atoms with Crippen molar-refractivity contribution >= 4 is 29.2 Å². The molecule has 0 fully saturated rings. The number of nitrogens with one attached hydrogen (secondary N) is 1. The van der Waals surface area contributed by atoms with Crippen LogP contribution in [0.15, 0.2) is 41.3 Å². The summed E-state index contributed by atoms with van der Waals surface area (Å²) < 4.78 is 18.8. The first-order valence-corrected chi connectivity index (χ1v) is 7.62. The van der Waals surface area contributed by atoms with Crippen molar-refractivity contribution in [2.45, 2.75) is 11.8 Å². The molecule has 2 aromatic rings. The van der Waals surface area contributed by atoms with Crippen LogP contribution in [0.1, 0.15) is 12.5 Å². The zero-order valence-electron chi connectivity index (χ0n) is 11.3. The van der Waals surface area contributed by atoms with Crippen molar-refractivity contribution in [3.8, 4) is 11.5 Å². The molecule has 0 aliphatic heterocycles. The second kappa shape index (κ2) is 6.83. The van der Waals surface area contributed by atoms with Gasteiger partial charge >= 0.3 is 0 Å². The predicted octanol–water partition coefficient (Wildman–Crippen LogP) is 4.67. The third kappa shape index (κ3) is 3.68. The van der Waals surface area contributed by atoms with Crippen molar-refractivity contribution < 1.29 is 9.13 Å². The zero-order chi connectivity index (χ0) is 15.4. The molecule has 3 N–H and O–H groups in total. The molecule has 0 radical (unpaired) electrons. The van der Waals surface area contributed by atoms with E-state index in [1.54, 1.807) is 17.8 Å². The Balaban J connectivity index is 2.43. The molecular formula is C15H14ClFN2OS. The summed E-state index contributed by atoms with van der Waals surface area (Å²) in [6, 6.07) is 9.28. The molecule has 0 saturated carbocycles. The lowest BCUT2D eigenvalue weighted by molar-refractivity contribution is 0.478. The molecular weight excluding hydrogens is 311 g/mol. The standard InChI is InChI=1S/C15H14ClFN2OS/c1-2-21-13-5-3-4-12(14(13)15(18)19)20-11-7-6-9(17)8-10(11)16/h3-8H,2H2,1H3,(H3,18,19). The average molecular weight is 325 g/mol. The van der Waals surface area contributed by atoms with Crippen LogP contribution in [0.2, 0.25) is 5.02 Å². The molecule has 0 atom stereocenters. The summed E-state index contributed by atoms with van der Waals surface area (Å²) in [6.45, 7) is 2.01. The van der Waals surface area contributed by atoms with Crippen LogP contribution in [0.25, 0.3) is 0 Å². The first-order valence-electron chi connectivity index (χ1n) is 6.26. The highest BCUT2D eigenvalue weighted by Gasteiger charge is 2.14. The quantitative estimate of drug-likeness (QED) is 0.477. The largest absolute Gasteiger partial charge is 0.455 e. The fraction of sp³-hybridized carbons (Fsp3) is 0.133. The third-order valence-corrected chi connectivity index (χ3v) is 3.91. The monoisotopic (exact) mass is 324 g/mol. The summed E-state index contributed by atoms with van der Waals surface area (Å²) in [5.74, 6) is 1.07. The number of hydrogen-bond acceptors (Lipinski definition) is 3. The summed E-state index contributed by atoms with van der Waals surface area (Å²) in [4.78, 5) is 0.862. The van der Waals surface area contributed by atoms with Gasteiger partial charge in [0.2, 0.25) is 0 Å². The van der Waals surface area contributed by atoms with Gasteiger partial charge in [0.25, 0.3) is 0 Å². The van der Waals surface area contributed by atoms with E-state index in [1.165, 1.54) is 18.2 Å². The van der Waals surface area contributed by atoms with Crippen LogP contribution in [-0.2, 0) is 0 Å². The van der Waals surface area contributed by atoms with Crippen LogP contribution in [0.4, 0.5) is 4.39 Å². The van der Waals surface area contributed by atoms with Crippen molar-refractivity contribution in [3.63, 3.8) is 0 Å². The van der Waals surface area contributed by atoms with E-state index in [-0.39, 0.29) is 10.9 Å². The fourth-order valence-electron chi connectivity index (χ4n) is 1.81. The molecule has 0 aromatic heterocycles. The fourth-order valence-corrected chi connectivity index (χ4v) is 2.86. The number of thioether (sulfide) groups is 1. The minimum Gasteiger partial charge on any atom is -0.455 e. The Bertz CT molecular complexity index is 679. The van der Waals surface area contributed by atoms with Crippen LogP contribution in [-0.4, -0.2) is 11.6 Å². The SMILES string of the molecule is CCSc1cccc(Oc2ccc(F)cc2Cl)c1C(=N)N. The number of hydrogen-bond donors (Lipinski definition) is 2. The summed E-state index contributed by atoms with van der Waals surface area (Å²) in [5.41, 5.74) is 6.18. The molecule has 0 unspecified atom stereocenters. The van der Waals surface area contributed by atoms with Gasteiger partial charge in [-0.05, 0) is 36.1 Å². The molecule has 0 heterocycles. The molecule has 0 saturated heterocycles. The molecule has 0 aliphatic rings. The second-order valence-electron chi connectivity index (χ2n) is 4.15. The van der Waals surface area contributed by atoms with E-state index in [0.29, 0.717) is 17.1 Å². The van der Waals surface area contributed by atoms with Gasteiger partial charge in [0.1, 0.15) is 23.2 Å². The van der Waals surface area contributed by atoms with E-state index in [9.17, 15) is 4.39 Å². The molecule has 0 amide bonds. The lowest BCUT2D eigenvalue weighted by Crippen LogP contribution is -2.13. The Labute approximate surface area is 131 Å². The molecule has 0 bridgehead atoms. The number of benzene rings is 2. The van der Waals surface area contributed by atoms with Gasteiger partial charge in [-0.15, -0.1) is 11.8 Å². The normalized spacial score (nSPS) is 10.4.